The van der Waals surface area contributed by atoms with Crippen LogP contribution in [0.1, 0.15) is 25.7 Å². The Morgan fingerprint density at radius 3 is 0.359 bits per heavy atom. The van der Waals surface area contributed by atoms with Crippen LogP contribution in [-0.2, 0) is 130 Å². The van der Waals surface area contributed by atoms with E-state index in [9.17, 15) is 0 Å². The van der Waals surface area contributed by atoms with Crippen LogP contribution in [-0.4, -0.2) is 353 Å². The van der Waals surface area contributed by atoms with Gasteiger partial charge in [-0.2, -0.15) is 0 Å². The molecule has 0 N–H and O–H groups in total. The van der Waals surface area contributed by atoms with Gasteiger partial charge in [-0.05, 0) is 76.0 Å². The maximum atomic E-state index is 7.45. The molecule has 1 aliphatic heterocycles. The lowest BCUT2D eigenvalue weighted by atomic mass is 10.5. The Kier molecular flexibility index (Phi) is 66.3. The summed E-state index contributed by atoms with van der Waals surface area (Å²) in [6.45, 7) is 30.8. The van der Waals surface area contributed by atoms with E-state index in [-0.39, 0.29) is 0 Å². The van der Waals surface area contributed by atoms with Gasteiger partial charge in [-0.1, -0.05) is 0 Å². The number of hydrogen-bond donors (Lipinski definition) is 0. The molecule has 0 atom stereocenters. The minimum atomic E-state index is -2.97. The smallest absolute Gasteiger partial charge is 0.317 e. The van der Waals surface area contributed by atoms with E-state index < -0.39 is 34.2 Å². The molecular formula is C60H128O28Si4. The molecule has 0 saturated carbocycles. The van der Waals surface area contributed by atoms with Crippen LogP contribution in [0.4, 0.5) is 0 Å². The van der Waals surface area contributed by atoms with Gasteiger partial charge >= 0.3 is 34.2 Å². The Morgan fingerprint density at radius 1 is 0.152 bits per heavy atom. The largest absolute Gasteiger partial charge is 0.416 e. The lowest BCUT2D eigenvalue weighted by molar-refractivity contribution is -0.0147. The van der Waals surface area contributed by atoms with E-state index >= 15 is 0 Å². The van der Waals surface area contributed by atoms with E-state index in [4.69, 9.17) is 130 Å². The molecule has 0 spiro atoms. The summed E-state index contributed by atoms with van der Waals surface area (Å²) >= 11 is 0. The Bertz CT molecular complexity index is 1270. The van der Waals surface area contributed by atoms with Crippen LogP contribution in [0.2, 0.25) is 50.4 Å². The van der Waals surface area contributed by atoms with Crippen molar-refractivity contribution < 1.29 is 130 Å². The van der Waals surface area contributed by atoms with Crippen LogP contribution in [0.3, 0.4) is 0 Å². The highest BCUT2D eigenvalue weighted by atomic mass is 28.5. The SMILES string of the molecule is COCCOCCOCCOCCOCCOCCC[Si]1(C)O[Si](C)(CCCOCCOCCOCCOCCOCCOC)O[Si](C)(CCCOCCOCCOCCOCCOCCOC)O[Si](C)(CCCOCCOCCOCCOCCOCCOC)O1. The molecule has 1 heterocycles. The maximum absolute atomic E-state index is 7.45. The summed E-state index contributed by atoms with van der Waals surface area (Å²) in [6.07, 6.45) is 2.95. The van der Waals surface area contributed by atoms with Crippen molar-refractivity contribution in [3.05, 3.63) is 0 Å². The number of rotatable bonds is 76. The first-order valence-electron chi connectivity index (χ1n) is 33.4. The van der Waals surface area contributed by atoms with Crippen molar-refractivity contribution in [2.45, 2.75) is 76.0 Å². The molecule has 0 aliphatic carbocycles. The van der Waals surface area contributed by atoms with Crippen LogP contribution < -0.4 is 0 Å². The summed E-state index contributed by atoms with van der Waals surface area (Å²) in [5.74, 6) is 0. The molecule has 92 heavy (non-hydrogen) atoms. The lowest BCUT2D eigenvalue weighted by Gasteiger charge is -2.50. The van der Waals surface area contributed by atoms with E-state index in [2.05, 4.69) is 26.2 Å². The summed E-state index contributed by atoms with van der Waals surface area (Å²) in [7, 11) is -5.27. The Morgan fingerprint density at radius 2 is 0.250 bits per heavy atom. The Labute approximate surface area is 557 Å². The second-order valence-electron chi connectivity index (χ2n) is 21.6. The quantitative estimate of drug-likeness (QED) is 0.0583. The molecule has 32 heteroatoms. The molecule has 0 radical (unpaired) electrons. The van der Waals surface area contributed by atoms with E-state index in [1.165, 1.54) is 0 Å². The molecule has 0 aromatic carbocycles. The highest BCUT2D eigenvalue weighted by molar-refractivity contribution is 6.93. The third-order valence-electron chi connectivity index (χ3n) is 13.1. The molecule has 0 aromatic rings. The van der Waals surface area contributed by atoms with Gasteiger partial charge < -0.3 is 130 Å². The van der Waals surface area contributed by atoms with Crippen molar-refractivity contribution in [1.29, 1.82) is 0 Å². The predicted octanol–water partition coefficient (Wildman–Crippen LogP) is 4.83. The summed E-state index contributed by atoms with van der Waals surface area (Å²) < 4.78 is 164. The molecule has 0 bridgehead atoms. The number of methoxy groups -OCH3 is 4. The molecule has 1 saturated heterocycles. The average Bonchev–Trinajstić information content (AvgIpc) is 0.780. The zero-order chi connectivity index (χ0) is 66.6. The topological polar surface area (TPSA) is 258 Å². The van der Waals surface area contributed by atoms with Gasteiger partial charge in [0.1, 0.15) is 0 Å². The molecule has 0 aromatic heterocycles. The lowest BCUT2D eigenvalue weighted by Crippen LogP contribution is -2.67. The second-order valence-corrected chi connectivity index (χ2v) is 35.9. The third-order valence-corrected chi connectivity index (χ3v) is 31.9. The summed E-state index contributed by atoms with van der Waals surface area (Å²) in [6, 6.07) is 2.80. The fraction of sp³-hybridized carbons (Fsp3) is 1.00. The summed E-state index contributed by atoms with van der Waals surface area (Å²) in [5, 5.41) is 0. The molecule has 0 unspecified atom stereocenters. The molecule has 1 aliphatic rings. The van der Waals surface area contributed by atoms with Crippen LogP contribution in [0.5, 0.6) is 0 Å². The third kappa shape index (κ3) is 60.9. The van der Waals surface area contributed by atoms with Crippen LogP contribution in [0, 0.1) is 0 Å². The van der Waals surface area contributed by atoms with Crippen molar-refractivity contribution >= 4 is 34.2 Å². The van der Waals surface area contributed by atoms with E-state index in [1.807, 2.05) is 0 Å². The van der Waals surface area contributed by atoms with E-state index in [0.29, 0.717) is 315 Å². The van der Waals surface area contributed by atoms with Gasteiger partial charge in [-0.3, -0.25) is 0 Å². The Hall–Kier alpha value is -0.252. The van der Waals surface area contributed by atoms with Crippen LogP contribution in [0.15, 0.2) is 0 Å². The summed E-state index contributed by atoms with van der Waals surface area (Å²) in [5.41, 5.74) is 0. The van der Waals surface area contributed by atoms with Crippen molar-refractivity contribution in [3.63, 3.8) is 0 Å². The zero-order valence-corrected chi connectivity index (χ0v) is 62.2. The first-order valence-corrected chi connectivity index (χ1v) is 43.5. The van der Waals surface area contributed by atoms with Crippen molar-refractivity contribution in [2.24, 2.45) is 0 Å². The van der Waals surface area contributed by atoms with Gasteiger partial charge in [0.2, 0.25) is 0 Å². The van der Waals surface area contributed by atoms with Gasteiger partial charge in [0.15, 0.2) is 0 Å². The number of ether oxygens (including phenoxy) is 24. The average molecular weight is 1410 g/mol. The minimum Gasteiger partial charge on any atom is -0.416 e. The van der Waals surface area contributed by atoms with Crippen molar-refractivity contribution in [1.82, 2.24) is 0 Å². The molecule has 28 nitrogen and oxygen atoms in total. The minimum absolute atomic E-state index is 0.457. The monoisotopic (exact) mass is 1410 g/mol. The zero-order valence-electron chi connectivity index (χ0n) is 58.2. The van der Waals surface area contributed by atoms with E-state index in [0.717, 1.165) is 25.7 Å². The first-order chi connectivity index (χ1) is 45.1. The fourth-order valence-electron chi connectivity index (χ4n) is 8.80. The molecule has 1 rings (SSSR count). The molecule has 552 valence electrons. The second kappa shape index (κ2) is 67.9. The normalized spacial score (nSPS) is 19.6. The summed E-state index contributed by atoms with van der Waals surface area (Å²) in [4.78, 5) is 0. The maximum Gasteiger partial charge on any atom is 0.317 e. The number of hydrogen-bond acceptors (Lipinski definition) is 28. The highest BCUT2D eigenvalue weighted by Gasteiger charge is 2.56. The highest BCUT2D eigenvalue weighted by Crippen LogP contribution is 2.39. The van der Waals surface area contributed by atoms with Gasteiger partial charge in [0, 0.05) is 54.9 Å². The first kappa shape index (κ1) is 89.8. The van der Waals surface area contributed by atoms with Crippen molar-refractivity contribution in [3.8, 4) is 0 Å². The van der Waals surface area contributed by atoms with Crippen molar-refractivity contribution in [2.75, 3.05) is 319 Å². The predicted molar refractivity (Wildman–Crippen MR) is 352 cm³/mol. The Balaban J connectivity index is 2.87. The van der Waals surface area contributed by atoms with Gasteiger partial charge in [-0.25, -0.2) is 0 Å². The van der Waals surface area contributed by atoms with E-state index in [1.54, 1.807) is 28.4 Å². The van der Waals surface area contributed by atoms with Crippen LogP contribution in [0.25, 0.3) is 0 Å². The standard InChI is InChI=1S/C60H128O28Si4/c1-61-17-21-69-33-37-77-49-53-81-45-41-73-29-25-65-13-9-57-89(5)85-90(6,58-10-14-66-26-30-74-42-46-82-54-50-78-38-34-70-22-18-62-2)87-92(8,60-12-16-68-28-32-76-44-48-84-56-52-80-40-36-72-24-20-64-4)88-91(7,86-89)59-11-15-67-27-31-75-43-47-83-55-51-79-39-35-71-23-19-63-3/h9-60H2,1-8H3. The van der Waals surface area contributed by atoms with Gasteiger partial charge in [-0.15, -0.1) is 0 Å². The van der Waals surface area contributed by atoms with Gasteiger partial charge in [0.25, 0.3) is 0 Å². The van der Waals surface area contributed by atoms with Gasteiger partial charge in [0.05, 0.1) is 264 Å². The molecule has 0 amide bonds. The fourth-order valence-corrected chi connectivity index (χ4v) is 32.0. The molecular weight excluding hydrogens is 1280 g/mol. The van der Waals surface area contributed by atoms with Crippen LogP contribution >= 0.6 is 0 Å². The molecule has 1 fully saturated rings.